The van der Waals surface area contributed by atoms with E-state index in [1.165, 1.54) is 0 Å². The van der Waals surface area contributed by atoms with Crippen LogP contribution < -0.4 is 10.1 Å². The molecule has 1 aromatic heterocycles. The lowest BCUT2D eigenvalue weighted by molar-refractivity contribution is 0.0520. The first-order valence-electron chi connectivity index (χ1n) is 7.67. The maximum atomic E-state index is 11.5. The molecule has 0 saturated heterocycles. The normalized spacial score (nSPS) is 16.8. The van der Waals surface area contributed by atoms with Crippen LogP contribution in [0, 0.1) is 5.92 Å². The van der Waals surface area contributed by atoms with Crippen molar-refractivity contribution in [2.45, 2.75) is 39.2 Å². The lowest BCUT2D eigenvalue weighted by atomic mass is 10.1. The van der Waals surface area contributed by atoms with E-state index in [-0.39, 0.29) is 19.1 Å². The summed E-state index contributed by atoms with van der Waals surface area (Å²) < 4.78 is 10.7. The number of pyridine rings is 1. The fourth-order valence-corrected chi connectivity index (χ4v) is 2.74. The quantitative estimate of drug-likeness (QED) is 0.634. The molecule has 2 rings (SSSR count). The number of hydrogen-bond acceptors (Lipinski definition) is 5. The van der Waals surface area contributed by atoms with Crippen molar-refractivity contribution in [3.8, 4) is 5.88 Å². The number of alkyl carbamates (subject to hydrolysis) is 1. The number of fused-ring (bicyclic) bond motifs is 1. The van der Waals surface area contributed by atoms with Gasteiger partial charge in [-0.05, 0) is 50.7 Å². The van der Waals surface area contributed by atoms with Gasteiger partial charge in [0.15, 0.2) is 0 Å². The predicted octanol–water partition coefficient (Wildman–Crippen LogP) is 2.35. The Hall–Kier alpha value is -1.53. The summed E-state index contributed by atoms with van der Waals surface area (Å²) in [5.74, 6) is 0.631. The molecule has 23 heavy (non-hydrogen) atoms. The van der Waals surface area contributed by atoms with Crippen LogP contribution in [0.25, 0.3) is 0 Å². The van der Waals surface area contributed by atoms with E-state index in [0.717, 1.165) is 24.0 Å². The molecule has 1 unspecified atom stereocenters. The molecule has 2 N–H and O–H groups in total. The van der Waals surface area contributed by atoms with Gasteiger partial charge < -0.3 is 19.9 Å². The molecule has 0 radical (unpaired) electrons. The molecule has 0 aliphatic heterocycles. The minimum atomic E-state index is -0.525. The van der Waals surface area contributed by atoms with Gasteiger partial charge in [-0.3, -0.25) is 0 Å². The molecule has 0 saturated carbocycles. The zero-order valence-electron chi connectivity index (χ0n) is 13.7. The molecule has 1 aliphatic carbocycles. The van der Waals surface area contributed by atoms with E-state index in [4.69, 9.17) is 21.1 Å². The van der Waals surface area contributed by atoms with Gasteiger partial charge in [-0.15, -0.1) is 0 Å². The lowest BCUT2D eigenvalue weighted by Crippen LogP contribution is -2.34. The third-order valence-corrected chi connectivity index (χ3v) is 3.74. The van der Waals surface area contributed by atoms with Crippen LogP contribution in [0.4, 0.5) is 4.79 Å². The highest BCUT2D eigenvalue weighted by Crippen LogP contribution is 2.33. The SMILES string of the molecule is CC(C)(C)OC(=O)NCCOc1cc2c(c(Cl)n1)CC(CO)C2. The topological polar surface area (TPSA) is 80.7 Å². The van der Waals surface area contributed by atoms with Gasteiger partial charge in [0.25, 0.3) is 0 Å². The van der Waals surface area contributed by atoms with Crippen molar-refractivity contribution in [2.24, 2.45) is 5.92 Å². The Labute approximate surface area is 141 Å². The van der Waals surface area contributed by atoms with Crippen molar-refractivity contribution in [3.63, 3.8) is 0 Å². The van der Waals surface area contributed by atoms with Crippen molar-refractivity contribution < 1.29 is 19.4 Å². The highest BCUT2D eigenvalue weighted by atomic mass is 35.5. The third-order valence-electron chi connectivity index (χ3n) is 3.42. The van der Waals surface area contributed by atoms with Crippen molar-refractivity contribution in [3.05, 3.63) is 22.3 Å². The van der Waals surface area contributed by atoms with E-state index in [0.29, 0.717) is 17.6 Å². The summed E-state index contributed by atoms with van der Waals surface area (Å²) in [6, 6.07) is 1.85. The van der Waals surface area contributed by atoms with Crippen LogP contribution in [0.3, 0.4) is 0 Å². The lowest BCUT2D eigenvalue weighted by Gasteiger charge is -2.19. The predicted molar refractivity (Wildman–Crippen MR) is 87.0 cm³/mol. The highest BCUT2D eigenvalue weighted by molar-refractivity contribution is 6.30. The first-order valence-corrected chi connectivity index (χ1v) is 8.05. The summed E-state index contributed by atoms with van der Waals surface area (Å²) in [5.41, 5.74) is 1.53. The number of carbonyl (C=O) groups is 1. The fraction of sp³-hybridized carbons (Fsp3) is 0.625. The molecule has 1 aromatic rings. The van der Waals surface area contributed by atoms with Crippen molar-refractivity contribution in [2.75, 3.05) is 19.8 Å². The van der Waals surface area contributed by atoms with Gasteiger partial charge in [0.05, 0.1) is 6.54 Å². The van der Waals surface area contributed by atoms with Crippen molar-refractivity contribution in [1.29, 1.82) is 0 Å². The molecule has 1 amide bonds. The van der Waals surface area contributed by atoms with Gasteiger partial charge >= 0.3 is 6.09 Å². The smallest absolute Gasteiger partial charge is 0.407 e. The Balaban J connectivity index is 1.81. The maximum absolute atomic E-state index is 11.5. The van der Waals surface area contributed by atoms with E-state index >= 15 is 0 Å². The molecular weight excluding hydrogens is 320 g/mol. The molecule has 1 heterocycles. The van der Waals surface area contributed by atoms with Crippen LogP contribution in [0.15, 0.2) is 6.07 Å². The van der Waals surface area contributed by atoms with Crippen molar-refractivity contribution >= 4 is 17.7 Å². The Morgan fingerprint density at radius 2 is 2.22 bits per heavy atom. The summed E-state index contributed by atoms with van der Waals surface area (Å²) in [5, 5.41) is 12.3. The van der Waals surface area contributed by atoms with Crippen LogP contribution in [0.5, 0.6) is 5.88 Å². The number of ether oxygens (including phenoxy) is 2. The minimum Gasteiger partial charge on any atom is -0.476 e. The zero-order valence-corrected chi connectivity index (χ0v) is 14.4. The number of halogens is 1. The third kappa shape index (κ3) is 5.25. The van der Waals surface area contributed by atoms with E-state index in [2.05, 4.69) is 10.3 Å². The first kappa shape index (κ1) is 17.8. The summed E-state index contributed by atoms with van der Waals surface area (Å²) in [4.78, 5) is 15.7. The monoisotopic (exact) mass is 342 g/mol. The number of rotatable bonds is 5. The molecular formula is C16H23ClN2O4. The average molecular weight is 343 g/mol. The van der Waals surface area contributed by atoms with Crippen molar-refractivity contribution in [1.82, 2.24) is 10.3 Å². The van der Waals surface area contributed by atoms with Crippen LogP contribution in [0.2, 0.25) is 5.15 Å². The summed E-state index contributed by atoms with van der Waals surface area (Å²) in [7, 11) is 0. The number of nitrogens with zero attached hydrogens (tertiary/aromatic N) is 1. The highest BCUT2D eigenvalue weighted by Gasteiger charge is 2.25. The molecule has 0 bridgehead atoms. The molecule has 0 fully saturated rings. The van der Waals surface area contributed by atoms with E-state index < -0.39 is 11.7 Å². The number of aliphatic hydroxyl groups excluding tert-OH is 1. The largest absolute Gasteiger partial charge is 0.476 e. The van der Waals surface area contributed by atoms with Gasteiger partial charge in [-0.1, -0.05) is 11.6 Å². The van der Waals surface area contributed by atoms with Gasteiger partial charge in [0.1, 0.15) is 17.4 Å². The number of aromatic nitrogens is 1. The second-order valence-electron chi connectivity index (χ2n) is 6.62. The zero-order chi connectivity index (χ0) is 17.0. The molecule has 1 atom stereocenters. The van der Waals surface area contributed by atoms with Gasteiger partial charge in [-0.2, -0.15) is 0 Å². The Morgan fingerprint density at radius 1 is 1.48 bits per heavy atom. The van der Waals surface area contributed by atoms with Gasteiger partial charge in [0.2, 0.25) is 5.88 Å². The fourth-order valence-electron chi connectivity index (χ4n) is 2.46. The van der Waals surface area contributed by atoms with Crippen LogP contribution >= 0.6 is 11.6 Å². The number of nitrogens with one attached hydrogen (secondary N) is 1. The second kappa shape index (κ2) is 7.36. The van der Waals surface area contributed by atoms with Gasteiger partial charge in [0, 0.05) is 12.7 Å². The molecule has 0 spiro atoms. The number of carbonyl (C=O) groups excluding carboxylic acids is 1. The average Bonchev–Trinajstić information content (AvgIpc) is 2.85. The second-order valence-corrected chi connectivity index (χ2v) is 6.98. The summed E-state index contributed by atoms with van der Waals surface area (Å²) in [6.07, 6.45) is 1.05. The number of amides is 1. The van der Waals surface area contributed by atoms with E-state index in [1.807, 2.05) is 6.07 Å². The molecule has 7 heteroatoms. The van der Waals surface area contributed by atoms with Crippen LogP contribution in [-0.2, 0) is 17.6 Å². The Morgan fingerprint density at radius 3 is 2.87 bits per heavy atom. The maximum Gasteiger partial charge on any atom is 0.407 e. The number of aliphatic hydroxyl groups is 1. The standard InChI is InChI=1S/C16H23ClN2O4/c1-16(2,3)23-15(21)18-4-5-22-13-8-11-6-10(9-20)7-12(11)14(17)19-13/h8,10,20H,4-7,9H2,1-3H3,(H,18,21). The van der Waals surface area contributed by atoms with E-state index in [9.17, 15) is 9.90 Å². The summed E-state index contributed by atoms with van der Waals surface area (Å²) >= 11 is 6.17. The molecule has 0 aromatic carbocycles. The molecule has 6 nitrogen and oxygen atoms in total. The molecule has 128 valence electrons. The van der Waals surface area contributed by atoms with E-state index in [1.54, 1.807) is 20.8 Å². The Kier molecular flexibility index (Phi) is 5.70. The number of hydrogen-bond donors (Lipinski definition) is 2. The van der Waals surface area contributed by atoms with Crippen LogP contribution in [0.1, 0.15) is 31.9 Å². The summed E-state index contributed by atoms with van der Waals surface area (Å²) in [6.45, 7) is 6.13. The first-order chi connectivity index (χ1) is 10.8. The Bertz CT molecular complexity index is 572. The van der Waals surface area contributed by atoms with Crippen LogP contribution in [-0.4, -0.2) is 41.5 Å². The van der Waals surface area contributed by atoms with Gasteiger partial charge in [-0.25, -0.2) is 9.78 Å². The molecule has 1 aliphatic rings. The minimum absolute atomic E-state index is 0.140.